The largest absolute Gasteiger partial charge is 0.508 e. The van der Waals surface area contributed by atoms with Gasteiger partial charge in [-0.2, -0.15) is 0 Å². The third-order valence-corrected chi connectivity index (χ3v) is 8.39. The summed E-state index contributed by atoms with van der Waals surface area (Å²) in [6, 6.07) is 7.05. The number of benzene rings is 1. The molecule has 0 bridgehead atoms. The zero-order valence-electron chi connectivity index (χ0n) is 12.6. The van der Waals surface area contributed by atoms with Crippen LogP contribution in [-0.4, -0.2) is 25.1 Å². The van der Waals surface area contributed by atoms with E-state index < -0.39 is 8.32 Å². The first-order valence-electron chi connectivity index (χ1n) is 6.75. The highest BCUT2D eigenvalue weighted by Crippen LogP contribution is 2.40. The monoisotopic (exact) mass is 282 g/mol. The third-order valence-electron chi connectivity index (χ3n) is 3.90. The Balaban J connectivity index is 2.93. The Morgan fingerprint density at radius 2 is 1.68 bits per heavy atom. The average molecular weight is 282 g/mol. The van der Waals surface area contributed by atoms with Crippen molar-refractivity contribution in [1.29, 1.82) is 0 Å². The van der Waals surface area contributed by atoms with E-state index in [1.54, 1.807) is 12.1 Å². The second-order valence-corrected chi connectivity index (χ2v) is 11.2. The second-order valence-electron chi connectivity index (χ2n) is 6.47. The van der Waals surface area contributed by atoms with Crippen LogP contribution in [0.3, 0.4) is 0 Å². The lowest BCUT2D eigenvalue weighted by molar-refractivity contribution is 0.141. The number of aromatic hydroxyl groups is 1. The summed E-state index contributed by atoms with van der Waals surface area (Å²) < 4.78 is 6.37. The van der Waals surface area contributed by atoms with E-state index in [0.29, 0.717) is 6.42 Å². The van der Waals surface area contributed by atoms with Crippen LogP contribution in [0.5, 0.6) is 5.75 Å². The number of hydrogen-bond acceptors (Lipinski definition) is 3. The molecule has 4 heteroatoms. The maximum Gasteiger partial charge on any atom is 0.192 e. The van der Waals surface area contributed by atoms with E-state index in [2.05, 4.69) is 33.9 Å². The Kier molecular flexibility index (Phi) is 5.18. The number of phenolic OH excluding ortho intramolecular Hbond substituents is 1. The maximum atomic E-state index is 9.35. The number of phenols is 1. The predicted octanol–water partition coefficient (Wildman–Crippen LogP) is 3.84. The third kappa shape index (κ3) is 4.33. The van der Waals surface area contributed by atoms with Crippen LogP contribution in [0.4, 0.5) is 0 Å². The summed E-state index contributed by atoms with van der Waals surface area (Å²) in [4.78, 5) is 0. The molecule has 0 amide bonds. The van der Waals surface area contributed by atoms with Gasteiger partial charge in [-0.1, -0.05) is 32.9 Å². The van der Waals surface area contributed by atoms with Crippen molar-refractivity contribution in [3.63, 3.8) is 0 Å². The van der Waals surface area contributed by atoms with Crippen LogP contribution in [0.1, 0.15) is 38.9 Å². The molecule has 1 atom stereocenters. The molecule has 1 unspecified atom stereocenters. The van der Waals surface area contributed by atoms with Crippen LogP contribution in [-0.2, 0) is 4.43 Å². The van der Waals surface area contributed by atoms with Gasteiger partial charge in [-0.15, -0.1) is 0 Å². The minimum atomic E-state index is -1.88. The topological polar surface area (TPSA) is 49.7 Å². The Morgan fingerprint density at radius 3 is 2.11 bits per heavy atom. The fourth-order valence-corrected chi connectivity index (χ4v) is 2.95. The van der Waals surface area contributed by atoms with Crippen LogP contribution in [0, 0.1) is 0 Å². The fourth-order valence-electron chi connectivity index (χ4n) is 1.63. The molecule has 1 aromatic carbocycles. The van der Waals surface area contributed by atoms with Gasteiger partial charge in [0.15, 0.2) is 8.32 Å². The van der Waals surface area contributed by atoms with Gasteiger partial charge in [0.25, 0.3) is 0 Å². The van der Waals surface area contributed by atoms with Crippen LogP contribution in [0.2, 0.25) is 18.1 Å². The van der Waals surface area contributed by atoms with E-state index in [4.69, 9.17) is 4.43 Å². The van der Waals surface area contributed by atoms with E-state index in [0.717, 1.165) is 5.56 Å². The van der Waals surface area contributed by atoms with Crippen molar-refractivity contribution < 1.29 is 14.6 Å². The molecule has 0 heterocycles. The van der Waals surface area contributed by atoms with Gasteiger partial charge in [-0.3, -0.25) is 0 Å². The van der Waals surface area contributed by atoms with E-state index in [1.807, 2.05) is 12.1 Å². The molecule has 0 aromatic heterocycles. The van der Waals surface area contributed by atoms with Gasteiger partial charge in [-0.05, 0) is 42.2 Å². The van der Waals surface area contributed by atoms with Crippen molar-refractivity contribution in [2.45, 2.75) is 51.4 Å². The van der Waals surface area contributed by atoms with Crippen molar-refractivity contribution in [1.82, 2.24) is 0 Å². The van der Waals surface area contributed by atoms with Gasteiger partial charge >= 0.3 is 0 Å². The highest BCUT2D eigenvalue weighted by atomic mass is 28.4. The summed E-state index contributed by atoms with van der Waals surface area (Å²) in [5, 5.41) is 18.7. The van der Waals surface area contributed by atoms with E-state index in [9.17, 15) is 10.2 Å². The van der Waals surface area contributed by atoms with Crippen molar-refractivity contribution in [3.8, 4) is 5.75 Å². The standard InChI is InChI=1S/C15H26O3Si/c1-15(2,3)19(4,5)18-14(10-11-16)12-6-8-13(17)9-7-12/h6-9,14,16-17H,10-11H2,1-5H3. The summed E-state index contributed by atoms with van der Waals surface area (Å²) in [6.07, 6.45) is 0.476. The summed E-state index contributed by atoms with van der Waals surface area (Å²) >= 11 is 0. The molecular formula is C15H26O3Si. The highest BCUT2D eigenvalue weighted by Gasteiger charge is 2.39. The summed E-state index contributed by atoms with van der Waals surface area (Å²) in [5.74, 6) is 0.249. The molecule has 19 heavy (non-hydrogen) atoms. The number of rotatable bonds is 5. The van der Waals surface area contributed by atoms with Gasteiger partial charge in [0, 0.05) is 6.61 Å². The van der Waals surface area contributed by atoms with Gasteiger partial charge in [0.2, 0.25) is 0 Å². The van der Waals surface area contributed by atoms with Crippen molar-refractivity contribution in [3.05, 3.63) is 29.8 Å². The Labute approximate surface area is 117 Å². The Hall–Kier alpha value is -0.843. The minimum Gasteiger partial charge on any atom is -0.508 e. The molecule has 0 aliphatic rings. The molecule has 0 saturated heterocycles. The van der Waals surface area contributed by atoms with Crippen LogP contribution in [0.15, 0.2) is 24.3 Å². The highest BCUT2D eigenvalue weighted by molar-refractivity contribution is 6.74. The molecular weight excluding hydrogens is 256 g/mol. The first-order chi connectivity index (χ1) is 8.67. The number of hydrogen-bond donors (Lipinski definition) is 2. The average Bonchev–Trinajstić information content (AvgIpc) is 2.27. The van der Waals surface area contributed by atoms with E-state index in [-0.39, 0.29) is 23.5 Å². The Morgan fingerprint density at radius 1 is 1.16 bits per heavy atom. The van der Waals surface area contributed by atoms with Crippen LogP contribution in [0.25, 0.3) is 0 Å². The first-order valence-corrected chi connectivity index (χ1v) is 9.66. The summed E-state index contributed by atoms with van der Waals surface area (Å²) in [5.41, 5.74) is 1.01. The number of aliphatic hydroxyl groups is 1. The van der Waals surface area contributed by atoms with E-state index >= 15 is 0 Å². The zero-order chi connectivity index (χ0) is 14.7. The van der Waals surface area contributed by atoms with Crippen molar-refractivity contribution in [2.24, 2.45) is 0 Å². The lowest BCUT2D eigenvalue weighted by Crippen LogP contribution is -2.42. The second kappa shape index (κ2) is 6.07. The molecule has 0 spiro atoms. The predicted molar refractivity (Wildman–Crippen MR) is 80.8 cm³/mol. The summed E-state index contributed by atoms with van der Waals surface area (Å²) in [6.45, 7) is 11.1. The lowest BCUT2D eigenvalue weighted by Gasteiger charge is -2.39. The van der Waals surface area contributed by atoms with Crippen molar-refractivity contribution >= 4 is 8.32 Å². The number of aliphatic hydroxyl groups excluding tert-OH is 1. The lowest BCUT2D eigenvalue weighted by atomic mass is 10.1. The molecule has 0 aliphatic carbocycles. The molecule has 0 aliphatic heterocycles. The first kappa shape index (κ1) is 16.2. The van der Waals surface area contributed by atoms with Gasteiger partial charge < -0.3 is 14.6 Å². The molecule has 108 valence electrons. The molecule has 0 radical (unpaired) electrons. The van der Waals surface area contributed by atoms with Crippen LogP contribution >= 0.6 is 0 Å². The van der Waals surface area contributed by atoms with Gasteiger partial charge in [-0.25, -0.2) is 0 Å². The molecule has 2 N–H and O–H groups in total. The SMILES string of the molecule is CC(C)(C)[Si](C)(C)OC(CCO)c1ccc(O)cc1. The smallest absolute Gasteiger partial charge is 0.192 e. The molecule has 0 fully saturated rings. The quantitative estimate of drug-likeness (QED) is 0.807. The molecule has 3 nitrogen and oxygen atoms in total. The normalized spacial score (nSPS) is 14.4. The van der Waals surface area contributed by atoms with Gasteiger partial charge in [0.05, 0.1) is 6.10 Å². The zero-order valence-corrected chi connectivity index (χ0v) is 13.6. The van der Waals surface area contributed by atoms with Gasteiger partial charge in [0.1, 0.15) is 5.75 Å². The summed E-state index contributed by atoms with van der Waals surface area (Å²) in [7, 11) is -1.88. The molecule has 1 aromatic rings. The van der Waals surface area contributed by atoms with Crippen molar-refractivity contribution in [2.75, 3.05) is 6.61 Å². The molecule has 1 rings (SSSR count). The van der Waals surface area contributed by atoms with E-state index in [1.165, 1.54) is 0 Å². The van der Waals surface area contributed by atoms with Crippen LogP contribution < -0.4 is 0 Å². The minimum absolute atomic E-state index is 0.0974. The molecule has 0 saturated carbocycles. The Bertz CT molecular complexity index is 393. The fraction of sp³-hybridized carbons (Fsp3) is 0.600. The maximum absolute atomic E-state index is 9.35.